The summed E-state index contributed by atoms with van der Waals surface area (Å²) in [5.74, 6) is -0.528. The van der Waals surface area contributed by atoms with Crippen molar-refractivity contribution in [3.8, 4) is 0 Å². The van der Waals surface area contributed by atoms with Crippen molar-refractivity contribution in [1.82, 2.24) is 0 Å². The van der Waals surface area contributed by atoms with E-state index >= 15 is 0 Å². The van der Waals surface area contributed by atoms with Gasteiger partial charge in [0.25, 0.3) is 0 Å². The van der Waals surface area contributed by atoms with Crippen LogP contribution in [0.3, 0.4) is 0 Å². The van der Waals surface area contributed by atoms with Gasteiger partial charge in [0.15, 0.2) is 0 Å². The first-order valence-corrected chi connectivity index (χ1v) is 10.2. The van der Waals surface area contributed by atoms with Crippen LogP contribution in [0.4, 0.5) is 0 Å². The minimum absolute atomic E-state index is 0.172. The summed E-state index contributed by atoms with van der Waals surface area (Å²) in [6.45, 7) is 0. The van der Waals surface area contributed by atoms with E-state index < -0.39 is 0 Å². The first kappa shape index (κ1) is 20.8. The maximum absolute atomic E-state index is 13.2. The van der Waals surface area contributed by atoms with E-state index in [2.05, 4.69) is 10.2 Å². The van der Waals surface area contributed by atoms with Crippen molar-refractivity contribution in [3.63, 3.8) is 0 Å². The van der Waals surface area contributed by atoms with E-state index in [9.17, 15) is 9.59 Å². The number of hydrogen-bond acceptors (Lipinski definition) is 4. The molecular weight excluding hydrogens is 396 g/mol. The molecule has 154 valence electrons. The smallest absolute Gasteiger partial charge is 0.213 e. The minimum atomic E-state index is -0.264. The number of rotatable bonds is 7. The molecule has 32 heavy (non-hydrogen) atoms. The summed E-state index contributed by atoms with van der Waals surface area (Å²) in [5, 5.41) is 8.66. The van der Waals surface area contributed by atoms with Gasteiger partial charge in [0.05, 0.1) is 0 Å². The molecule has 0 unspecified atom stereocenters. The Bertz CT molecular complexity index is 1160. The molecule has 0 aliphatic heterocycles. The van der Waals surface area contributed by atoms with Gasteiger partial charge in [-0.25, -0.2) is 0 Å². The fraction of sp³-hybridized carbons (Fsp3) is 0. The second-order valence-electron chi connectivity index (χ2n) is 7.02. The van der Waals surface area contributed by atoms with Gasteiger partial charge in [-0.3, -0.25) is 9.59 Å². The second-order valence-corrected chi connectivity index (χ2v) is 7.02. The lowest BCUT2D eigenvalue weighted by Crippen LogP contribution is -2.18. The van der Waals surface area contributed by atoms with Crippen molar-refractivity contribution in [2.24, 2.45) is 10.2 Å². The van der Waals surface area contributed by atoms with Gasteiger partial charge in [-0.2, -0.15) is 0 Å². The van der Waals surface area contributed by atoms with Gasteiger partial charge >= 0.3 is 0 Å². The number of carbonyl (C=O) groups is 2. The monoisotopic (exact) mass is 416 g/mol. The third-order valence-corrected chi connectivity index (χ3v) is 4.85. The van der Waals surface area contributed by atoms with Gasteiger partial charge in [-0.05, 0) is 0 Å². The zero-order chi connectivity index (χ0) is 22.2. The minimum Gasteiger partial charge on any atom is -0.287 e. The molecule has 4 aromatic carbocycles. The molecule has 0 saturated carbocycles. The molecular formula is C28H20N2O2. The van der Waals surface area contributed by atoms with Crippen LogP contribution in [0.15, 0.2) is 132 Å². The molecule has 0 atom stereocenters. The fourth-order valence-electron chi connectivity index (χ4n) is 3.21. The number of Topliss-reactive ketones (excluding diaryl/α,β-unsaturated/α-hetero) is 2. The summed E-state index contributed by atoms with van der Waals surface area (Å²) in [4.78, 5) is 26.5. The quantitative estimate of drug-likeness (QED) is 0.222. The summed E-state index contributed by atoms with van der Waals surface area (Å²) < 4.78 is 0. The predicted octanol–water partition coefficient (Wildman–Crippen LogP) is 5.65. The molecule has 0 aliphatic carbocycles. The molecule has 4 heteroatoms. The van der Waals surface area contributed by atoms with Crippen molar-refractivity contribution >= 4 is 23.0 Å². The van der Waals surface area contributed by atoms with Crippen molar-refractivity contribution in [3.05, 3.63) is 144 Å². The molecule has 4 aromatic rings. The Morgan fingerprint density at radius 3 is 0.906 bits per heavy atom. The Labute approximate surface area is 186 Å². The predicted molar refractivity (Wildman–Crippen MR) is 128 cm³/mol. The normalized spacial score (nSPS) is 11.8. The Balaban J connectivity index is 1.84. The van der Waals surface area contributed by atoms with E-state index in [0.717, 1.165) is 0 Å². The van der Waals surface area contributed by atoms with Gasteiger partial charge in [0.1, 0.15) is 11.4 Å². The van der Waals surface area contributed by atoms with E-state index in [4.69, 9.17) is 0 Å². The van der Waals surface area contributed by atoms with Crippen LogP contribution < -0.4 is 0 Å². The van der Waals surface area contributed by atoms with E-state index in [1.807, 2.05) is 48.5 Å². The lowest BCUT2D eigenvalue weighted by atomic mass is 10.0. The highest BCUT2D eigenvalue weighted by Crippen LogP contribution is 2.13. The molecule has 4 rings (SSSR count). The zero-order valence-electron chi connectivity index (χ0n) is 17.3. The lowest BCUT2D eigenvalue weighted by molar-refractivity contribution is 0.105. The third kappa shape index (κ3) is 4.82. The number of nitrogens with zero attached hydrogens (tertiary/aromatic N) is 2. The molecule has 0 bridgehead atoms. The molecule has 0 spiro atoms. The van der Waals surface area contributed by atoms with Crippen LogP contribution in [0, 0.1) is 0 Å². The largest absolute Gasteiger partial charge is 0.287 e. The lowest BCUT2D eigenvalue weighted by Gasteiger charge is -2.07. The summed E-state index contributed by atoms with van der Waals surface area (Å²) in [6, 6.07) is 36.1. The van der Waals surface area contributed by atoms with Crippen LogP contribution in [-0.4, -0.2) is 23.0 Å². The number of benzene rings is 4. The van der Waals surface area contributed by atoms with Crippen molar-refractivity contribution < 1.29 is 9.59 Å². The summed E-state index contributed by atoms with van der Waals surface area (Å²) >= 11 is 0. The zero-order valence-corrected chi connectivity index (χ0v) is 17.3. The first-order valence-electron chi connectivity index (χ1n) is 10.2. The highest BCUT2D eigenvalue weighted by atomic mass is 16.1. The van der Waals surface area contributed by atoms with Crippen LogP contribution >= 0.6 is 0 Å². The molecule has 0 fully saturated rings. The second kappa shape index (κ2) is 10.0. The average Bonchev–Trinajstić information content (AvgIpc) is 2.88. The summed E-state index contributed by atoms with van der Waals surface area (Å²) in [6.07, 6.45) is 0. The van der Waals surface area contributed by atoms with Crippen molar-refractivity contribution in [2.45, 2.75) is 0 Å². The molecule has 0 amide bonds. The van der Waals surface area contributed by atoms with E-state index in [-0.39, 0.29) is 23.0 Å². The summed E-state index contributed by atoms with van der Waals surface area (Å²) in [7, 11) is 0. The van der Waals surface area contributed by atoms with Gasteiger partial charge < -0.3 is 0 Å². The third-order valence-electron chi connectivity index (χ3n) is 4.85. The number of ketones is 2. The fourth-order valence-corrected chi connectivity index (χ4v) is 3.21. The van der Waals surface area contributed by atoms with Crippen LogP contribution in [-0.2, 0) is 0 Å². The first-order chi connectivity index (χ1) is 15.7. The van der Waals surface area contributed by atoms with Crippen LogP contribution in [0.25, 0.3) is 0 Å². The molecule has 0 heterocycles. The number of carbonyl (C=O) groups excluding carboxylic acids is 2. The van der Waals surface area contributed by atoms with Crippen molar-refractivity contribution in [1.29, 1.82) is 0 Å². The Kier molecular flexibility index (Phi) is 6.54. The molecule has 4 nitrogen and oxygen atoms in total. The van der Waals surface area contributed by atoms with Crippen molar-refractivity contribution in [2.75, 3.05) is 0 Å². The van der Waals surface area contributed by atoms with Gasteiger partial charge in [-0.15, -0.1) is 10.2 Å². The highest BCUT2D eigenvalue weighted by Gasteiger charge is 2.19. The molecule has 0 aliphatic rings. The van der Waals surface area contributed by atoms with Gasteiger partial charge in [0, 0.05) is 22.3 Å². The topological polar surface area (TPSA) is 58.9 Å². The summed E-state index contributed by atoms with van der Waals surface area (Å²) in [5.41, 5.74) is 2.61. The van der Waals surface area contributed by atoms with Gasteiger partial charge in [0.2, 0.25) is 11.6 Å². The van der Waals surface area contributed by atoms with E-state index in [1.54, 1.807) is 72.8 Å². The van der Waals surface area contributed by atoms with Crippen LogP contribution in [0.1, 0.15) is 31.8 Å². The van der Waals surface area contributed by atoms with Crippen LogP contribution in [0.2, 0.25) is 0 Å². The maximum atomic E-state index is 13.2. The molecule has 0 N–H and O–H groups in total. The Hall–Kier alpha value is -4.44. The van der Waals surface area contributed by atoms with Gasteiger partial charge in [-0.1, -0.05) is 121 Å². The Morgan fingerprint density at radius 2 is 0.625 bits per heavy atom. The van der Waals surface area contributed by atoms with E-state index in [0.29, 0.717) is 22.3 Å². The average molecular weight is 416 g/mol. The Morgan fingerprint density at radius 1 is 0.375 bits per heavy atom. The molecule has 0 aromatic heterocycles. The standard InChI is InChI=1S/C28H20N2O2/c31-27(23-17-9-3-10-18-23)25(21-13-5-1-6-14-21)29-30-26(22-15-7-2-8-16-22)28(32)24-19-11-4-12-20-24/h1-20H/b29-25+,30-26+. The van der Waals surface area contributed by atoms with E-state index in [1.165, 1.54) is 0 Å². The highest BCUT2D eigenvalue weighted by molar-refractivity contribution is 6.53. The van der Waals surface area contributed by atoms with Crippen LogP contribution in [0.5, 0.6) is 0 Å². The molecule has 0 saturated heterocycles. The molecule has 0 radical (unpaired) electrons. The number of hydrogen-bond donors (Lipinski definition) is 0. The SMILES string of the molecule is O=C(/C(=N/N=C(/C(=O)c1ccccc1)c1ccccc1)c1ccccc1)c1ccccc1. The maximum Gasteiger partial charge on any atom is 0.213 e.